The first kappa shape index (κ1) is 15.7. The van der Waals surface area contributed by atoms with Crippen molar-refractivity contribution in [2.45, 2.75) is 19.4 Å². The zero-order valence-corrected chi connectivity index (χ0v) is 14.3. The third-order valence-electron chi connectivity index (χ3n) is 3.17. The van der Waals surface area contributed by atoms with E-state index in [-0.39, 0.29) is 11.9 Å². The molecule has 0 heterocycles. The van der Waals surface area contributed by atoms with Gasteiger partial charge in [0.1, 0.15) is 5.82 Å². The molecule has 1 unspecified atom stereocenters. The molecule has 0 spiro atoms. The van der Waals surface area contributed by atoms with Crippen LogP contribution in [0, 0.1) is 5.82 Å². The molecule has 2 aromatic carbocycles. The molecule has 0 bridgehead atoms. The lowest BCUT2D eigenvalue weighted by Gasteiger charge is -2.20. The van der Waals surface area contributed by atoms with Crippen LogP contribution in [0.15, 0.2) is 51.4 Å². The Kier molecular flexibility index (Phi) is 5.75. The second kappa shape index (κ2) is 7.34. The van der Waals surface area contributed by atoms with Gasteiger partial charge in [0.25, 0.3) is 0 Å². The van der Waals surface area contributed by atoms with Crippen LogP contribution < -0.4 is 5.32 Å². The van der Waals surface area contributed by atoms with E-state index in [1.165, 1.54) is 11.6 Å². The molecule has 0 saturated heterocycles. The molecule has 0 aliphatic carbocycles. The number of hydrogen-bond acceptors (Lipinski definition) is 1. The van der Waals surface area contributed by atoms with Crippen molar-refractivity contribution in [1.29, 1.82) is 0 Å². The van der Waals surface area contributed by atoms with E-state index in [9.17, 15) is 4.39 Å². The van der Waals surface area contributed by atoms with E-state index in [1.54, 1.807) is 12.1 Å². The lowest BCUT2D eigenvalue weighted by atomic mass is 9.98. The summed E-state index contributed by atoms with van der Waals surface area (Å²) >= 11 is 7.08. The van der Waals surface area contributed by atoms with Crippen LogP contribution in [0.25, 0.3) is 0 Å². The molecule has 1 nitrogen and oxygen atoms in total. The molecule has 0 radical (unpaired) electrons. The van der Waals surface area contributed by atoms with Gasteiger partial charge in [0.05, 0.1) is 0 Å². The first-order chi connectivity index (χ1) is 9.61. The summed E-state index contributed by atoms with van der Waals surface area (Å²) < 4.78 is 15.5. The van der Waals surface area contributed by atoms with Crippen LogP contribution in [0.4, 0.5) is 4.39 Å². The molecule has 0 aliphatic heterocycles. The molecular weight excluding hydrogens is 385 g/mol. The Hall–Kier alpha value is -0.710. The van der Waals surface area contributed by atoms with E-state index < -0.39 is 0 Å². The molecule has 1 N–H and O–H groups in total. The minimum Gasteiger partial charge on any atom is -0.310 e. The minimum absolute atomic E-state index is 0.0729. The first-order valence-electron chi connectivity index (χ1n) is 6.53. The normalized spacial score (nSPS) is 12.4. The molecule has 2 aromatic rings. The minimum atomic E-state index is -0.210. The average molecular weight is 401 g/mol. The zero-order chi connectivity index (χ0) is 14.5. The predicted octanol–water partition coefficient (Wildman–Crippen LogP) is 5.24. The summed E-state index contributed by atoms with van der Waals surface area (Å²) in [5, 5.41) is 3.43. The summed E-state index contributed by atoms with van der Waals surface area (Å²) in [6.45, 7) is 2.89. The molecule has 1 atom stereocenters. The first-order valence-corrected chi connectivity index (χ1v) is 8.12. The van der Waals surface area contributed by atoms with E-state index in [0.29, 0.717) is 0 Å². The Morgan fingerprint density at radius 2 is 1.85 bits per heavy atom. The van der Waals surface area contributed by atoms with Crippen molar-refractivity contribution in [2.75, 3.05) is 6.54 Å². The second-order valence-electron chi connectivity index (χ2n) is 4.57. The Balaban J connectivity index is 2.32. The Morgan fingerprint density at radius 3 is 2.55 bits per heavy atom. The van der Waals surface area contributed by atoms with Crippen LogP contribution >= 0.6 is 31.9 Å². The van der Waals surface area contributed by atoms with E-state index in [0.717, 1.165) is 27.5 Å². The Morgan fingerprint density at radius 1 is 1.10 bits per heavy atom. The van der Waals surface area contributed by atoms with Gasteiger partial charge in [-0.25, -0.2) is 4.39 Å². The molecular formula is C16H16Br2FN. The highest BCUT2D eigenvalue weighted by molar-refractivity contribution is 9.10. The van der Waals surface area contributed by atoms with Gasteiger partial charge in [-0.1, -0.05) is 57.0 Å². The third-order valence-corrected chi connectivity index (χ3v) is 4.66. The lowest BCUT2D eigenvalue weighted by molar-refractivity contribution is 0.540. The average Bonchev–Trinajstić information content (AvgIpc) is 2.43. The van der Waals surface area contributed by atoms with E-state index in [1.807, 2.05) is 18.2 Å². The molecule has 4 heteroatoms. The molecule has 0 aromatic heterocycles. The number of benzene rings is 2. The number of hydrogen-bond donors (Lipinski definition) is 1. The van der Waals surface area contributed by atoms with Crippen molar-refractivity contribution < 1.29 is 4.39 Å². The van der Waals surface area contributed by atoms with Gasteiger partial charge in [-0.15, -0.1) is 0 Å². The van der Waals surface area contributed by atoms with Crippen LogP contribution in [-0.4, -0.2) is 6.54 Å². The van der Waals surface area contributed by atoms with Crippen molar-refractivity contribution >= 4 is 31.9 Å². The van der Waals surface area contributed by atoms with Crippen LogP contribution in [0.5, 0.6) is 0 Å². The summed E-state index contributed by atoms with van der Waals surface area (Å²) in [5.41, 5.74) is 2.15. The molecule has 0 fully saturated rings. The van der Waals surface area contributed by atoms with Gasteiger partial charge in [0.15, 0.2) is 0 Å². The zero-order valence-electron chi connectivity index (χ0n) is 11.2. The van der Waals surface area contributed by atoms with Gasteiger partial charge in [0, 0.05) is 15.0 Å². The van der Waals surface area contributed by atoms with Gasteiger partial charge in [-0.3, -0.25) is 0 Å². The number of likely N-dealkylation sites (N-methyl/N-ethyl adjacent to an activating group) is 1. The van der Waals surface area contributed by atoms with Crippen LogP contribution in [0.3, 0.4) is 0 Å². The van der Waals surface area contributed by atoms with Gasteiger partial charge in [-0.05, 0) is 48.4 Å². The lowest BCUT2D eigenvalue weighted by Crippen LogP contribution is -2.23. The molecule has 0 amide bonds. The maximum absolute atomic E-state index is 13.5. The van der Waals surface area contributed by atoms with Gasteiger partial charge >= 0.3 is 0 Å². The van der Waals surface area contributed by atoms with Crippen molar-refractivity contribution in [3.8, 4) is 0 Å². The summed E-state index contributed by atoms with van der Waals surface area (Å²) in [7, 11) is 0. The van der Waals surface area contributed by atoms with Crippen molar-refractivity contribution in [3.63, 3.8) is 0 Å². The number of rotatable bonds is 5. The van der Waals surface area contributed by atoms with Crippen LogP contribution in [0.1, 0.15) is 24.1 Å². The van der Waals surface area contributed by atoms with E-state index in [2.05, 4.69) is 50.2 Å². The maximum Gasteiger partial charge on any atom is 0.123 e. The summed E-state index contributed by atoms with van der Waals surface area (Å²) in [6, 6.07) is 13.0. The second-order valence-corrected chi connectivity index (χ2v) is 6.28. The molecule has 0 aliphatic rings. The Labute approximate surface area is 135 Å². The Bertz CT molecular complexity index is 586. The smallest absolute Gasteiger partial charge is 0.123 e. The topological polar surface area (TPSA) is 12.0 Å². The number of nitrogens with one attached hydrogen (secondary N) is 1. The van der Waals surface area contributed by atoms with Crippen molar-refractivity contribution in [1.82, 2.24) is 5.32 Å². The highest BCUT2D eigenvalue weighted by atomic mass is 79.9. The number of halogens is 3. The molecule has 0 saturated carbocycles. The van der Waals surface area contributed by atoms with Gasteiger partial charge in [0.2, 0.25) is 0 Å². The monoisotopic (exact) mass is 399 g/mol. The fourth-order valence-corrected chi connectivity index (χ4v) is 3.17. The fourth-order valence-electron chi connectivity index (χ4n) is 2.20. The fraction of sp³-hybridized carbons (Fsp3) is 0.250. The van der Waals surface area contributed by atoms with Gasteiger partial charge in [-0.2, -0.15) is 0 Å². The highest BCUT2D eigenvalue weighted by Crippen LogP contribution is 2.29. The van der Waals surface area contributed by atoms with E-state index >= 15 is 0 Å². The molecule has 2 rings (SSSR count). The quantitative estimate of drug-likeness (QED) is 0.723. The van der Waals surface area contributed by atoms with Crippen LogP contribution in [0.2, 0.25) is 0 Å². The predicted molar refractivity (Wildman–Crippen MR) is 88.4 cm³/mol. The maximum atomic E-state index is 13.5. The molecule has 106 valence electrons. The standard InChI is InChI=1S/C16H16Br2FN/c1-2-20-16(9-11-5-3-4-6-14(11)17)13-10-12(19)7-8-15(13)18/h3-8,10,16,20H,2,9H2,1H3. The largest absolute Gasteiger partial charge is 0.310 e. The third kappa shape index (κ3) is 3.90. The van der Waals surface area contributed by atoms with E-state index in [4.69, 9.17) is 0 Å². The SMILES string of the molecule is CCNC(Cc1ccccc1Br)c1cc(F)ccc1Br. The summed E-state index contributed by atoms with van der Waals surface area (Å²) in [5.74, 6) is -0.210. The summed E-state index contributed by atoms with van der Waals surface area (Å²) in [6.07, 6.45) is 0.803. The van der Waals surface area contributed by atoms with Crippen LogP contribution in [-0.2, 0) is 6.42 Å². The van der Waals surface area contributed by atoms with Crippen molar-refractivity contribution in [2.24, 2.45) is 0 Å². The highest BCUT2D eigenvalue weighted by Gasteiger charge is 2.16. The molecule has 20 heavy (non-hydrogen) atoms. The van der Waals surface area contributed by atoms with Gasteiger partial charge < -0.3 is 5.32 Å². The summed E-state index contributed by atoms with van der Waals surface area (Å²) in [4.78, 5) is 0. The van der Waals surface area contributed by atoms with Crippen molar-refractivity contribution in [3.05, 3.63) is 68.4 Å².